The fraction of sp³-hybridized carbons (Fsp3) is 0.150. The highest BCUT2D eigenvalue weighted by Gasteiger charge is 2.12. The minimum Gasteiger partial charge on any atom is -0.341 e. The average molecular weight is 302 g/mol. The van der Waals surface area contributed by atoms with Gasteiger partial charge in [0.2, 0.25) is 0 Å². The van der Waals surface area contributed by atoms with Gasteiger partial charge in [0.25, 0.3) is 5.56 Å². The summed E-state index contributed by atoms with van der Waals surface area (Å²) in [5.74, 6) is 0. The van der Waals surface area contributed by atoms with E-state index >= 15 is 0 Å². The molecule has 0 atom stereocenters. The monoisotopic (exact) mass is 302 g/mol. The van der Waals surface area contributed by atoms with E-state index in [1.165, 1.54) is 22.2 Å². The van der Waals surface area contributed by atoms with E-state index in [0.717, 1.165) is 17.4 Å². The number of rotatable bonds is 2. The van der Waals surface area contributed by atoms with Crippen molar-refractivity contribution in [2.45, 2.75) is 13.5 Å². The van der Waals surface area contributed by atoms with Gasteiger partial charge < -0.3 is 9.13 Å². The number of pyridine rings is 1. The van der Waals surface area contributed by atoms with Crippen molar-refractivity contribution in [3.63, 3.8) is 0 Å². The van der Waals surface area contributed by atoms with Crippen LogP contribution in [0.2, 0.25) is 0 Å². The lowest BCUT2D eigenvalue weighted by Gasteiger charge is -2.09. The number of aromatic nitrogens is 2. The van der Waals surface area contributed by atoms with Gasteiger partial charge in [0.05, 0.1) is 5.52 Å². The van der Waals surface area contributed by atoms with Crippen LogP contribution in [0, 0.1) is 0 Å². The maximum absolute atomic E-state index is 11.9. The first-order valence-corrected chi connectivity index (χ1v) is 7.88. The minimum atomic E-state index is 0.0232. The summed E-state index contributed by atoms with van der Waals surface area (Å²) in [5, 5.41) is 2.31. The minimum absolute atomic E-state index is 0.0232. The Bertz CT molecular complexity index is 1070. The van der Waals surface area contributed by atoms with Crippen LogP contribution in [0.1, 0.15) is 6.92 Å². The van der Waals surface area contributed by atoms with Crippen molar-refractivity contribution in [1.82, 2.24) is 9.13 Å². The van der Waals surface area contributed by atoms with Gasteiger partial charge in [0, 0.05) is 41.6 Å². The van der Waals surface area contributed by atoms with Crippen LogP contribution in [-0.2, 0) is 13.6 Å². The number of hydrogen-bond donors (Lipinski definition) is 0. The second-order valence-electron chi connectivity index (χ2n) is 5.80. The number of nitrogens with zero attached hydrogens (tertiary/aromatic N) is 2. The van der Waals surface area contributed by atoms with Gasteiger partial charge >= 0.3 is 0 Å². The fourth-order valence-corrected chi connectivity index (χ4v) is 3.39. The number of benzene rings is 2. The molecule has 0 aliphatic carbocycles. The van der Waals surface area contributed by atoms with E-state index in [-0.39, 0.29) is 5.56 Å². The molecule has 0 bridgehead atoms. The molecule has 3 nitrogen and oxygen atoms in total. The van der Waals surface area contributed by atoms with Gasteiger partial charge in [-0.25, -0.2) is 0 Å². The van der Waals surface area contributed by atoms with Crippen molar-refractivity contribution in [3.05, 3.63) is 71.0 Å². The van der Waals surface area contributed by atoms with Crippen LogP contribution in [0.25, 0.3) is 33.1 Å². The molecule has 0 N–H and O–H groups in total. The molecule has 0 spiro atoms. The maximum Gasteiger partial charge on any atom is 0.250 e. The molecule has 4 aromatic rings. The quantitative estimate of drug-likeness (QED) is 0.545. The van der Waals surface area contributed by atoms with Crippen molar-refractivity contribution >= 4 is 21.8 Å². The molecule has 2 aromatic carbocycles. The summed E-state index contributed by atoms with van der Waals surface area (Å²) in [6, 6.07) is 20.4. The first-order valence-electron chi connectivity index (χ1n) is 7.88. The van der Waals surface area contributed by atoms with E-state index in [9.17, 15) is 4.79 Å². The Morgan fingerprint density at radius 2 is 1.61 bits per heavy atom. The summed E-state index contributed by atoms with van der Waals surface area (Å²) in [4.78, 5) is 11.9. The molecular weight excluding hydrogens is 284 g/mol. The highest BCUT2D eigenvalue weighted by molar-refractivity contribution is 6.07. The Morgan fingerprint density at radius 3 is 2.35 bits per heavy atom. The summed E-state index contributed by atoms with van der Waals surface area (Å²) in [6.45, 7) is 3.07. The standard InChI is InChI=1S/C20H18N2O/c1-3-22-18-11-10-17-15(9-12-20(23)21(17)2)16(18)13-19(22)14-7-5-4-6-8-14/h4-13H,3H2,1-2H3. The SMILES string of the molecule is CCn1c(-c2ccccc2)cc2c3ccc(=O)n(C)c3ccc21. The summed E-state index contributed by atoms with van der Waals surface area (Å²) in [7, 11) is 1.82. The predicted octanol–water partition coefficient (Wildman–Crippen LogP) is 4.18. The maximum atomic E-state index is 11.9. The Hall–Kier alpha value is -2.81. The lowest BCUT2D eigenvalue weighted by Crippen LogP contribution is -2.14. The highest BCUT2D eigenvalue weighted by Crippen LogP contribution is 2.32. The van der Waals surface area contributed by atoms with Gasteiger partial charge in [-0.1, -0.05) is 30.3 Å². The van der Waals surface area contributed by atoms with Crippen molar-refractivity contribution in [2.24, 2.45) is 7.05 Å². The van der Waals surface area contributed by atoms with Crippen LogP contribution >= 0.6 is 0 Å². The van der Waals surface area contributed by atoms with Crippen LogP contribution in [0.5, 0.6) is 0 Å². The lowest BCUT2D eigenvalue weighted by atomic mass is 10.1. The second kappa shape index (κ2) is 5.13. The summed E-state index contributed by atoms with van der Waals surface area (Å²) >= 11 is 0. The van der Waals surface area contributed by atoms with Gasteiger partial charge in [0.1, 0.15) is 0 Å². The van der Waals surface area contributed by atoms with E-state index in [1.54, 1.807) is 10.6 Å². The van der Waals surface area contributed by atoms with E-state index in [4.69, 9.17) is 0 Å². The van der Waals surface area contributed by atoms with Gasteiger partial charge in [-0.3, -0.25) is 4.79 Å². The summed E-state index contributed by atoms with van der Waals surface area (Å²) in [6.07, 6.45) is 0. The lowest BCUT2D eigenvalue weighted by molar-refractivity contribution is 0.805. The van der Waals surface area contributed by atoms with Crippen LogP contribution in [0.3, 0.4) is 0 Å². The molecule has 114 valence electrons. The molecule has 23 heavy (non-hydrogen) atoms. The number of hydrogen-bond acceptors (Lipinski definition) is 1. The average Bonchev–Trinajstić information content (AvgIpc) is 2.97. The molecule has 0 saturated carbocycles. The second-order valence-corrected chi connectivity index (χ2v) is 5.80. The Morgan fingerprint density at radius 1 is 0.870 bits per heavy atom. The molecule has 0 unspecified atom stereocenters. The smallest absolute Gasteiger partial charge is 0.250 e. The normalized spacial score (nSPS) is 11.4. The molecule has 0 amide bonds. The fourth-order valence-electron chi connectivity index (χ4n) is 3.39. The van der Waals surface area contributed by atoms with Gasteiger partial charge in [-0.15, -0.1) is 0 Å². The zero-order valence-electron chi connectivity index (χ0n) is 13.3. The molecule has 0 aliphatic rings. The van der Waals surface area contributed by atoms with Crippen molar-refractivity contribution in [3.8, 4) is 11.3 Å². The van der Waals surface area contributed by atoms with Crippen LogP contribution in [-0.4, -0.2) is 9.13 Å². The Kier molecular flexibility index (Phi) is 3.08. The van der Waals surface area contributed by atoms with E-state index in [0.29, 0.717) is 0 Å². The van der Waals surface area contributed by atoms with Crippen molar-refractivity contribution < 1.29 is 0 Å². The number of fused-ring (bicyclic) bond motifs is 3. The topological polar surface area (TPSA) is 26.9 Å². The first-order chi connectivity index (χ1) is 11.2. The van der Waals surface area contributed by atoms with Crippen LogP contribution in [0.15, 0.2) is 65.5 Å². The highest BCUT2D eigenvalue weighted by atomic mass is 16.1. The molecular formula is C20H18N2O. The third-order valence-corrected chi connectivity index (χ3v) is 4.57. The zero-order chi connectivity index (χ0) is 16.0. The summed E-state index contributed by atoms with van der Waals surface area (Å²) in [5.41, 5.74) is 4.62. The number of aryl methyl sites for hydroxylation is 2. The molecule has 0 saturated heterocycles. The van der Waals surface area contributed by atoms with Gasteiger partial charge in [-0.05, 0) is 36.8 Å². The first kappa shape index (κ1) is 13.8. The van der Waals surface area contributed by atoms with E-state index in [1.807, 2.05) is 25.2 Å². The molecule has 0 aliphatic heterocycles. The predicted molar refractivity (Wildman–Crippen MR) is 95.8 cm³/mol. The molecule has 2 aromatic heterocycles. The van der Waals surface area contributed by atoms with Crippen molar-refractivity contribution in [2.75, 3.05) is 0 Å². The summed E-state index contributed by atoms with van der Waals surface area (Å²) < 4.78 is 4.04. The van der Waals surface area contributed by atoms with Crippen LogP contribution < -0.4 is 5.56 Å². The third-order valence-electron chi connectivity index (χ3n) is 4.57. The largest absolute Gasteiger partial charge is 0.341 e. The van der Waals surface area contributed by atoms with Crippen LogP contribution in [0.4, 0.5) is 0 Å². The zero-order valence-corrected chi connectivity index (χ0v) is 13.3. The molecule has 2 heterocycles. The molecule has 0 radical (unpaired) electrons. The molecule has 0 fully saturated rings. The van der Waals surface area contributed by atoms with E-state index < -0.39 is 0 Å². The molecule has 3 heteroatoms. The third kappa shape index (κ3) is 2.00. The van der Waals surface area contributed by atoms with Crippen molar-refractivity contribution in [1.29, 1.82) is 0 Å². The Labute approximate surface area is 134 Å². The molecule has 4 rings (SSSR count). The van der Waals surface area contributed by atoms with Gasteiger partial charge in [-0.2, -0.15) is 0 Å². The van der Waals surface area contributed by atoms with E-state index in [2.05, 4.69) is 47.9 Å². The Balaban J connectivity index is 2.13. The van der Waals surface area contributed by atoms with Gasteiger partial charge in [0.15, 0.2) is 0 Å².